The van der Waals surface area contributed by atoms with Gasteiger partial charge in [0.1, 0.15) is 19.8 Å². The fraction of sp³-hybridized carbons (Fsp3) is 0.767. The molecule has 1 N–H and O–H groups in total. The van der Waals surface area contributed by atoms with Crippen molar-refractivity contribution in [1.82, 2.24) is 0 Å². The quantitative estimate of drug-likeness (QED) is 0.0211. The molecule has 0 aliphatic rings. The van der Waals surface area contributed by atoms with Gasteiger partial charge < -0.3 is 18.9 Å². The van der Waals surface area contributed by atoms with Crippen LogP contribution in [0.1, 0.15) is 245 Å². The van der Waals surface area contributed by atoms with Crippen LogP contribution >= 0.6 is 7.82 Å². The van der Waals surface area contributed by atoms with Gasteiger partial charge in [-0.1, -0.05) is 241 Å². The zero-order valence-corrected chi connectivity index (χ0v) is 46.9. The fourth-order valence-corrected chi connectivity index (χ4v) is 8.58. The van der Waals surface area contributed by atoms with Crippen LogP contribution in [-0.4, -0.2) is 74.9 Å². The molecule has 0 aromatic heterocycles. The van der Waals surface area contributed by atoms with Crippen molar-refractivity contribution in [3.05, 3.63) is 72.9 Å². The summed E-state index contributed by atoms with van der Waals surface area (Å²) in [5.41, 5.74) is 0. The molecule has 0 aliphatic heterocycles. The number of hydrogen-bond acceptors (Lipinski definition) is 7. The highest BCUT2D eigenvalue weighted by molar-refractivity contribution is 7.47. The van der Waals surface area contributed by atoms with E-state index in [1.54, 1.807) is 0 Å². The van der Waals surface area contributed by atoms with Gasteiger partial charge in [-0.3, -0.25) is 18.6 Å². The molecule has 0 radical (unpaired) electrons. The van der Waals surface area contributed by atoms with Gasteiger partial charge >= 0.3 is 19.8 Å². The van der Waals surface area contributed by atoms with Crippen LogP contribution in [0.5, 0.6) is 0 Å². The first-order valence-electron chi connectivity index (χ1n) is 28.7. The number of hydrogen-bond donors (Lipinski definition) is 1. The Morgan fingerprint density at radius 2 is 0.814 bits per heavy atom. The second kappa shape index (κ2) is 51.4. The van der Waals surface area contributed by atoms with E-state index in [0.717, 1.165) is 83.5 Å². The van der Waals surface area contributed by atoms with Crippen LogP contribution in [0.4, 0.5) is 0 Å². The molecule has 9 nitrogen and oxygen atoms in total. The molecule has 0 rings (SSSR count). The van der Waals surface area contributed by atoms with Gasteiger partial charge in [-0.05, 0) is 64.2 Å². The zero-order chi connectivity index (χ0) is 51.3. The molecule has 406 valence electrons. The molecule has 10 heteroatoms. The number of carbonyl (C=O) groups is 2. The number of carbonyl (C=O) groups excluding carboxylic acids is 2. The average molecular weight is 1000 g/mol. The van der Waals surface area contributed by atoms with Gasteiger partial charge in [0.15, 0.2) is 6.10 Å². The Hall–Kier alpha value is -2.55. The molecule has 0 amide bonds. The Morgan fingerprint density at radius 1 is 0.457 bits per heavy atom. The number of esters is 2. The highest BCUT2D eigenvalue weighted by Gasteiger charge is 2.27. The summed E-state index contributed by atoms with van der Waals surface area (Å²) < 4.78 is 34.2. The van der Waals surface area contributed by atoms with E-state index < -0.39 is 26.5 Å². The molecule has 0 saturated heterocycles. The van der Waals surface area contributed by atoms with E-state index in [2.05, 4.69) is 86.8 Å². The van der Waals surface area contributed by atoms with E-state index in [-0.39, 0.29) is 32.0 Å². The number of nitrogens with zero attached hydrogens (tertiary/aromatic N) is 1. The number of rotatable bonds is 52. The fourth-order valence-electron chi connectivity index (χ4n) is 7.84. The van der Waals surface area contributed by atoms with Crippen LogP contribution in [0.3, 0.4) is 0 Å². The normalized spacial score (nSPS) is 13.9. The minimum absolute atomic E-state index is 0.0325. The SMILES string of the molecule is CC/C=C\C/C=C\C/C=C\C/C=C\C/C=C\C/C=C\CCCCCCCCCCCCCCCCCCCCCCCCC(=O)OC(COC(=O)CCCCCCC)COP(=O)(O)OCC[N+](C)(C)C. The predicted octanol–water partition coefficient (Wildman–Crippen LogP) is 17.7. The van der Waals surface area contributed by atoms with E-state index in [1.807, 2.05) is 21.1 Å². The van der Waals surface area contributed by atoms with Crippen molar-refractivity contribution in [2.24, 2.45) is 0 Å². The minimum Gasteiger partial charge on any atom is -0.462 e. The van der Waals surface area contributed by atoms with Gasteiger partial charge in [0.05, 0.1) is 27.7 Å². The largest absolute Gasteiger partial charge is 0.472 e. The Morgan fingerprint density at radius 3 is 1.21 bits per heavy atom. The highest BCUT2D eigenvalue weighted by atomic mass is 31.2. The number of ether oxygens (including phenoxy) is 2. The van der Waals surface area contributed by atoms with Crippen LogP contribution in [0.25, 0.3) is 0 Å². The molecule has 0 fully saturated rings. The van der Waals surface area contributed by atoms with Gasteiger partial charge in [0.25, 0.3) is 0 Å². The maximum Gasteiger partial charge on any atom is 0.472 e. The molecule has 0 aromatic carbocycles. The van der Waals surface area contributed by atoms with Crippen molar-refractivity contribution < 1.29 is 42.1 Å². The molecule has 2 atom stereocenters. The van der Waals surface area contributed by atoms with Crippen LogP contribution in [0.15, 0.2) is 72.9 Å². The van der Waals surface area contributed by atoms with Gasteiger partial charge in [0, 0.05) is 12.8 Å². The smallest absolute Gasteiger partial charge is 0.462 e. The topological polar surface area (TPSA) is 108 Å². The summed E-state index contributed by atoms with van der Waals surface area (Å²) in [7, 11) is 1.48. The zero-order valence-electron chi connectivity index (χ0n) is 46.0. The summed E-state index contributed by atoms with van der Waals surface area (Å²) in [6.07, 6.45) is 67.7. The second-order valence-corrected chi connectivity index (χ2v) is 21.8. The molecule has 0 heterocycles. The average Bonchev–Trinajstić information content (AvgIpc) is 3.32. The summed E-state index contributed by atoms with van der Waals surface area (Å²) >= 11 is 0. The van der Waals surface area contributed by atoms with Crippen LogP contribution in [0, 0.1) is 0 Å². The summed E-state index contributed by atoms with van der Waals surface area (Å²) in [4.78, 5) is 35.2. The summed E-state index contributed by atoms with van der Waals surface area (Å²) in [6.45, 7) is 4.23. The standard InChI is InChI=1S/C60H108NO8P/c1-6-8-10-12-13-14-15-16-17-18-19-20-21-22-23-24-25-26-27-28-29-30-31-32-33-34-35-36-37-38-39-40-41-42-43-44-45-46-47-49-51-53-60(63)69-58(56-66-59(62)52-50-48-11-9-7-2)57-68-70(64,65)67-55-54-61(3,4)5/h8,10,13-14,16-17,19-20,22-23,25-26,58H,6-7,9,11-12,15,18,21,24,27-57H2,1-5H3/p+1/b10-8-,14-13-,17-16-,20-19-,23-22-,26-25-. The van der Waals surface area contributed by atoms with Gasteiger partial charge in [-0.2, -0.15) is 0 Å². The number of phosphoric ester groups is 1. The third-order valence-corrected chi connectivity index (χ3v) is 13.2. The van der Waals surface area contributed by atoms with Gasteiger partial charge in [-0.15, -0.1) is 0 Å². The lowest BCUT2D eigenvalue weighted by Crippen LogP contribution is -2.37. The second-order valence-electron chi connectivity index (χ2n) is 20.3. The predicted molar refractivity (Wildman–Crippen MR) is 298 cm³/mol. The molecule has 0 bridgehead atoms. The molecule has 0 saturated carbocycles. The van der Waals surface area contributed by atoms with Crippen LogP contribution < -0.4 is 0 Å². The maximum absolute atomic E-state index is 12.7. The molecular formula is C60H109NO8P+. The molecule has 0 aliphatic carbocycles. The van der Waals surface area contributed by atoms with Crippen molar-refractivity contribution in [1.29, 1.82) is 0 Å². The third kappa shape index (κ3) is 54.8. The van der Waals surface area contributed by atoms with Gasteiger partial charge in [-0.25, -0.2) is 4.57 Å². The Kier molecular flexibility index (Phi) is 49.5. The van der Waals surface area contributed by atoms with Crippen molar-refractivity contribution in [2.45, 2.75) is 251 Å². The summed E-state index contributed by atoms with van der Waals surface area (Å²) in [6, 6.07) is 0. The molecule has 0 spiro atoms. The highest BCUT2D eigenvalue weighted by Crippen LogP contribution is 2.43. The Labute approximate surface area is 431 Å². The number of allylic oxidation sites excluding steroid dienone is 12. The Balaban J connectivity index is 3.75. The first-order valence-corrected chi connectivity index (χ1v) is 30.2. The van der Waals surface area contributed by atoms with Crippen LogP contribution in [-0.2, 0) is 32.7 Å². The van der Waals surface area contributed by atoms with E-state index in [4.69, 9.17) is 18.5 Å². The first kappa shape index (κ1) is 67.5. The number of likely N-dealkylation sites (N-methyl/N-ethyl adjacent to an activating group) is 1. The van der Waals surface area contributed by atoms with E-state index in [0.29, 0.717) is 17.4 Å². The van der Waals surface area contributed by atoms with Crippen molar-refractivity contribution in [3.63, 3.8) is 0 Å². The van der Waals surface area contributed by atoms with E-state index in [1.165, 1.54) is 128 Å². The van der Waals surface area contributed by atoms with Crippen molar-refractivity contribution in [3.8, 4) is 0 Å². The summed E-state index contributed by atoms with van der Waals surface area (Å²) in [5.74, 6) is -0.805. The summed E-state index contributed by atoms with van der Waals surface area (Å²) in [5, 5.41) is 0. The number of phosphoric acid groups is 1. The van der Waals surface area contributed by atoms with Crippen LogP contribution in [0.2, 0.25) is 0 Å². The monoisotopic (exact) mass is 1000 g/mol. The molecular weight excluding hydrogens is 894 g/mol. The third-order valence-electron chi connectivity index (χ3n) is 12.3. The van der Waals surface area contributed by atoms with Gasteiger partial charge in [0.2, 0.25) is 0 Å². The lowest BCUT2D eigenvalue weighted by Gasteiger charge is -2.24. The lowest BCUT2D eigenvalue weighted by atomic mass is 10.0. The number of quaternary nitrogens is 1. The minimum atomic E-state index is -4.37. The van der Waals surface area contributed by atoms with E-state index in [9.17, 15) is 19.0 Å². The Bertz CT molecular complexity index is 1410. The number of unbranched alkanes of at least 4 members (excludes halogenated alkanes) is 26. The lowest BCUT2D eigenvalue weighted by molar-refractivity contribution is -0.870. The maximum atomic E-state index is 12.7. The first-order chi connectivity index (χ1) is 34.0. The van der Waals surface area contributed by atoms with Crippen molar-refractivity contribution >= 4 is 19.8 Å². The van der Waals surface area contributed by atoms with E-state index >= 15 is 0 Å². The molecule has 2 unspecified atom stereocenters. The molecule has 70 heavy (non-hydrogen) atoms. The molecule has 0 aromatic rings. The van der Waals surface area contributed by atoms with Crippen molar-refractivity contribution in [2.75, 3.05) is 47.5 Å².